The van der Waals surface area contributed by atoms with E-state index in [1.807, 2.05) is 6.92 Å². The van der Waals surface area contributed by atoms with Crippen molar-refractivity contribution >= 4 is 21.9 Å². The molecule has 0 aliphatic carbocycles. The Morgan fingerprint density at radius 1 is 1.22 bits per heavy atom. The molecule has 1 saturated heterocycles. The zero-order chi connectivity index (χ0) is 20.7. The van der Waals surface area contributed by atoms with Crippen LogP contribution in [-0.2, 0) is 14.8 Å². The second-order valence-corrected chi connectivity index (χ2v) is 8.41. The summed E-state index contributed by atoms with van der Waals surface area (Å²) in [5, 5.41) is 6.07. The molecular weight excluding hydrogens is 387 g/mol. The van der Waals surface area contributed by atoms with Crippen molar-refractivity contribution in [3.63, 3.8) is 0 Å². The number of carbonyl (C=O) groups is 1. The number of rotatable bonds is 7. The van der Waals surface area contributed by atoms with Crippen molar-refractivity contribution in [1.29, 1.82) is 0 Å². The molecule has 8 nitrogen and oxygen atoms in total. The Kier molecular flexibility index (Phi) is 8.79. The van der Waals surface area contributed by atoms with Crippen LogP contribution in [0.5, 0.6) is 0 Å². The average molecular weight is 415 g/mol. The van der Waals surface area contributed by atoms with Crippen LogP contribution in [0.25, 0.3) is 0 Å². The van der Waals surface area contributed by atoms with E-state index in [4.69, 9.17) is 0 Å². The lowest BCUT2D eigenvalue weighted by molar-refractivity contribution is -0.128. The Bertz CT molecular complexity index is 615. The van der Waals surface area contributed by atoms with Gasteiger partial charge >= 0.3 is 15.5 Å². The van der Waals surface area contributed by atoms with Crippen LogP contribution < -0.4 is 10.6 Å². The summed E-state index contributed by atoms with van der Waals surface area (Å²) in [6, 6.07) is 0. The van der Waals surface area contributed by atoms with E-state index < -0.39 is 15.5 Å². The molecular formula is C15H28F3N5O3S. The van der Waals surface area contributed by atoms with Gasteiger partial charge in [0.1, 0.15) is 0 Å². The molecule has 0 unspecified atom stereocenters. The molecule has 0 radical (unpaired) electrons. The Morgan fingerprint density at radius 2 is 1.81 bits per heavy atom. The van der Waals surface area contributed by atoms with Crippen LogP contribution in [0.4, 0.5) is 13.2 Å². The normalized spacial score (nSPS) is 17.6. The number of guanidine groups is 1. The van der Waals surface area contributed by atoms with Gasteiger partial charge in [-0.1, -0.05) is 0 Å². The number of nitrogens with zero attached hydrogens (tertiary/aromatic N) is 3. The van der Waals surface area contributed by atoms with Crippen LogP contribution in [0.1, 0.15) is 26.2 Å². The first-order valence-corrected chi connectivity index (χ1v) is 10.2. The molecule has 0 aromatic carbocycles. The third-order valence-corrected chi connectivity index (χ3v) is 5.82. The minimum absolute atomic E-state index is 0.00328. The Balaban J connectivity index is 2.51. The summed E-state index contributed by atoms with van der Waals surface area (Å²) in [6.07, 6.45) is 0.944. The van der Waals surface area contributed by atoms with Gasteiger partial charge in [-0.05, 0) is 25.7 Å². The topological polar surface area (TPSA) is 94.1 Å². The third-order valence-electron chi connectivity index (χ3n) is 4.19. The number of hydrogen-bond acceptors (Lipinski definition) is 4. The highest BCUT2D eigenvalue weighted by molar-refractivity contribution is 7.90. The van der Waals surface area contributed by atoms with E-state index in [-0.39, 0.29) is 24.9 Å². The fourth-order valence-corrected chi connectivity index (χ4v) is 3.54. The number of aliphatic imine (C=N–C) groups is 1. The van der Waals surface area contributed by atoms with Crippen LogP contribution >= 0.6 is 0 Å². The van der Waals surface area contributed by atoms with E-state index in [0.717, 1.165) is 0 Å². The highest BCUT2D eigenvalue weighted by Crippen LogP contribution is 2.30. The van der Waals surface area contributed by atoms with E-state index in [1.165, 1.54) is 4.90 Å². The van der Waals surface area contributed by atoms with Gasteiger partial charge in [-0.15, -0.1) is 0 Å². The van der Waals surface area contributed by atoms with E-state index in [9.17, 15) is 26.4 Å². The molecule has 1 aliphatic heterocycles. The predicted octanol–water partition coefficient (Wildman–Crippen LogP) is 0.581. The van der Waals surface area contributed by atoms with Gasteiger partial charge in [0.05, 0.1) is 0 Å². The molecule has 0 aromatic heterocycles. The maximum atomic E-state index is 12.6. The molecule has 1 heterocycles. The maximum Gasteiger partial charge on any atom is 0.511 e. The molecule has 0 bridgehead atoms. The van der Waals surface area contributed by atoms with Crippen LogP contribution in [0.3, 0.4) is 0 Å². The molecule has 0 atom stereocenters. The van der Waals surface area contributed by atoms with E-state index >= 15 is 0 Å². The molecule has 0 spiro atoms. The smallest absolute Gasteiger partial charge is 0.357 e. The van der Waals surface area contributed by atoms with Crippen molar-refractivity contribution in [3.05, 3.63) is 0 Å². The van der Waals surface area contributed by atoms with Gasteiger partial charge in [0.2, 0.25) is 5.91 Å². The molecule has 1 fully saturated rings. The van der Waals surface area contributed by atoms with Crippen molar-refractivity contribution in [3.8, 4) is 0 Å². The summed E-state index contributed by atoms with van der Waals surface area (Å²) in [5.74, 6) is 0.509. The molecule has 1 amide bonds. The van der Waals surface area contributed by atoms with Crippen LogP contribution in [0.2, 0.25) is 0 Å². The largest absolute Gasteiger partial charge is 0.511 e. The first kappa shape index (κ1) is 23.5. The highest BCUT2D eigenvalue weighted by Gasteiger charge is 2.50. The number of amides is 1. The second-order valence-electron chi connectivity index (χ2n) is 6.48. The zero-order valence-electron chi connectivity index (χ0n) is 15.8. The third kappa shape index (κ3) is 7.17. The molecule has 27 heavy (non-hydrogen) atoms. The lowest BCUT2D eigenvalue weighted by atomic mass is 9.98. The van der Waals surface area contributed by atoms with E-state index in [2.05, 4.69) is 15.6 Å². The Labute approximate surface area is 158 Å². The summed E-state index contributed by atoms with van der Waals surface area (Å²) in [6.45, 7) is 2.97. The standard InChI is InChI=1S/C15H28F3N5O3S/c1-4-19-14(20-8-5-13(24)22(2)3)21-11-12-6-9-23(10-7-12)27(25,26)15(16,17)18/h12H,4-11H2,1-3H3,(H2,19,20,21). The summed E-state index contributed by atoms with van der Waals surface area (Å²) in [7, 11) is -1.91. The molecule has 0 saturated carbocycles. The van der Waals surface area contributed by atoms with E-state index in [1.54, 1.807) is 14.1 Å². The van der Waals surface area contributed by atoms with E-state index in [0.29, 0.717) is 49.2 Å². The number of hydrogen-bond donors (Lipinski definition) is 2. The van der Waals surface area contributed by atoms with Crippen molar-refractivity contribution in [1.82, 2.24) is 19.8 Å². The number of nitrogens with one attached hydrogen (secondary N) is 2. The highest BCUT2D eigenvalue weighted by atomic mass is 32.2. The number of carbonyl (C=O) groups excluding carboxylic acids is 1. The Morgan fingerprint density at radius 3 is 2.30 bits per heavy atom. The Hall–Kier alpha value is -1.56. The molecule has 1 rings (SSSR count). The van der Waals surface area contributed by atoms with Gasteiger partial charge in [0, 0.05) is 53.2 Å². The maximum absolute atomic E-state index is 12.6. The van der Waals surface area contributed by atoms with Crippen molar-refractivity contribution < 1.29 is 26.4 Å². The van der Waals surface area contributed by atoms with Gasteiger partial charge in [-0.25, -0.2) is 8.42 Å². The number of halogens is 3. The zero-order valence-corrected chi connectivity index (χ0v) is 16.7. The van der Waals surface area contributed by atoms with Crippen LogP contribution in [0, 0.1) is 5.92 Å². The molecule has 2 N–H and O–H groups in total. The second kappa shape index (κ2) is 10.1. The SMILES string of the molecule is CCNC(=NCC1CCN(S(=O)(=O)C(F)(F)F)CC1)NCCC(=O)N(C)C. The number of alkyl halides is 3. The molecule has 1 aliphatic rings. The lowest BCUT2D eigenvalue weighted by Gasteiger charge is -2.30. The summed E-state index contributed by atoms with van der Waals surface area (Å²) in [5.41, 5.74) is -5.26. The summed E-state index contributed by atoms with van der Waals surface area (Å²) >= 11 is 0. The molecule has 158 valence electrons. The minimum Gasteiger partial charge on any atom is -0.357 e. The molecule has 12 heteroatoms. The van der Waals surface area contributed by atoms with Crippen LogP contribution in [-0.4, -0.2) is 81.8 Å². The van der Waals surface area contributed by atoms with Crippen LogP contribution in [0.15, 0.2) is 4.99 Å². The van der Waals surface area contributed by atoms with Gasteiger partial charge in [0.15, 0.2) is 5.96 Å². The minimum atomic E-state index is -5.26. The van der Waals surface area contributed by atoms with Gasteiger partial charge in [0.25, 0.3) is 0 Å². The number of sulfonamides is 1. The van der Waals surface area contributed by atoms with Crippen molar-refractivity contribution in [2.24, 2.45) is 10.9 Å². The number of piperidine rings is 1. The first-order valence-electron chi connectivity index (χ1n) is 8.77. The fraction of sp³-hybridized carbons (Fsp3) is 0.867. The fourth-order valence-electron chi connectivity index (χ4n) is 2.55. The quantitative estimate of drug-likeness (QED) is 0.469. The predicted molar refractivity (Wildman–Crippen MR) is 96.6 cm³/mol. The molecule has 0 aromatic rings. The van der Waals surface area contributed by atoms with Crippen molar-refractivity contribution in [2.75, 3.05) is 46.8 Å². The summed E-state index contributed by atoms with van der Waals surface area (Å²) < 4.78 is 61.1. The monoisotopic (exact) mass is 415 g/mol. The first-order chi connectivity index (χ1) is 12.5. The van der Waals surface area contributed by atoms with Gasteiger partial charge < -0.3 is 15.5 Å². The van der Waals surface area contributed by atoms with Crippen molar-refractivity contribution in [2.45, 2.75) is 31.7 Å². The lowest BCUT2D eigenvalue weighted by Crippen LogP contribution is -2.45. The average Bonchev–Trinajstić information content (AvgIpc) is 2.58. The summed E-state index contributed by atoms with van der Waals surface area (Å²) in [4.78, 5) is 17.5. The van der Waals surface area contributed by atoms with Gasteiger partial charge in [-0.3, -0.25) is 9.79 Å². The van der Waals surface area contributed by atoms with Gasteiger partial charge in [-0.2, -0.15) is 17.5 Å².